The zero-order valence-corrected chi connectivity index (χ0v) is 25.1. The van der Waals surface area contributed by atoms with Gasteiger partial charge >= 0.3 is 0 Å². The van der Waals surface area contributed by atoms with E-state index in [2.05, 4.69) is 40.7 Å². The van der Waals surface area contributed by atoms with Gasteiger partial charge in [-0.3, -0.25) is 0 Å². The molecule has 0 amide bonds. The summed E-state index contributed by atoms with van der Waals surface area (Å²) in [5, 5.41) is 40.3. The van der Waals surface area contributed by atoms with Crippen molar-refractivity contribution in [2.45, 2.75) is 142 Å². The molecule has 39 heavy (non-hydrogen) atoms. The Morgan fingerprint density at radius 1 is 0.949 bits per heavy atom. The Hall–Kier alpha value is -0.500. The topological polar surface area (TPSA) is 99.4 Å². The molecule has 0 aromatic carbocycles. The van der Waals surface area contributed by atoms with Gasteiger partial charge in [0.2, 0.25) is 0 Å². The molecular formula is C33H56O6. The first-order valence-electron chi connectivity index (χ1n) is 16.1. The number of aliphatic hydroxyl groups excluding tert-OH is 4. The minimum Gasteiger partial charge on any atom is -0.394 e. The molecule has 1 aliphatic heterocycles. The lowest BCUT2D eigenvalue weighted by atomic mass is 9.47. The second kappa shape index (κ2) is 11.6. The van der Waals surface area contributed by atoms with E-state index in [0.29, 0.717) is 5.41 Å². The zero-order valence-electron chi connectivity index (χ0n) is 25.1. The van der Waals surface area contributed by atoms with Crippen molar-refractivity contribution in [1.82, 2.24) is 0 Å². The van der Waals surface area contributed by atoms with Gasteiger partial charge in [-0.15, -0.1) is 0 Å². The molecule has 3 unspecified atom stereocenters. The molecule has 4 aliphatic carbocycles. The Kier molecular flexibility index (Phi) is 8.95. The highest BCUT2D eigenvalue weighted by Gasteiger charge is 2.59. The average Bonchev–Trinajstić information content (AvgIpc) is 3.26. The van der Waals surface area contributed by atoms with Crippen molar-refractivity contribution in [2.75, 3.05) is 6.61 Å². The van der Waals surface area contributed by atoms with Crippen molar-refractivity contribution in [2.24, 2.45) is 46.3 Å². The molecule has 224 valence electrons. The molecule has 5 rings (SSSR count). The summed E-state index contributed by atoms with van der Waals surface area (Å²) in [5.74, 6) is 4.87. The van der Waals surface area contributed by atoms with Gasteiger partial charge < -0.3 is 29.9 Å². The van der Waals surface area contributed by atoms with Gasteiger partial charge in [-0.1, -0.05) is 65.5 Å². The summed E-state index contributed by atoms with van der Waals surface area (Å²) in [5.41, 5.74) is 2.20. The molecule has 13 atom stereocenters. The molecule has 5 aliphatic rings. The van der Waals surface area contributed by atoms with Crippen LogP contribution in [0.15, 0.2) is 11.6 Å². The Balaban J connectivity index is 1.24. The second-order valence-corrected chi connectivity index (χ2v) is 15.0. The molecule has 0 bridgehead atoms. The van der Waals surface area contributed by atoms with E-state index in [9.17, 15) is 20.4 Å². The molecule has 4 N–H and O–H groups in total. The van der Waals surface area contributed by atoms with Crippen LogP contribution in [0.25, 0.3) is 0 Å². The molecule has 0 aromatic heterocycles. The van der Waals surface area contributed by atoms with Gasteiger partial charge in [0.15, 0.2) is 6.29 Å². The van der Waals surface area contributed by atoms with Gasteiger partial charge in [-0.25, -0.2) is 0 Å². The van der Waals surface area contributed by atoms with Gasteiger partial charge in [0, 0.05) is 0 Å². The summed E-state index contributed by atoms with van der Waals surface area (Å²) in [6.45, 7) is 12.0. The fraction of sp³-hybridized carbons (Fsp3) is 0.939. The summed E-state index contributed by atoms with van der Waals surface area (Å²) in [6, 6.07) is 0. The first-order chi connectivity index (χ1) is 18.5. The summed E-state index contributed by atoms with van der Waals surface area (Å²) in [4.78, 5) is 0. The number of aliphatic hydroxyl groups is 4. The monoisotopic (exact) mass is 548 g/mol. The summed E-state index contributed by atoms with van der Waals surface area (Å²) in [7, 11) is 0. The summed E-state index contributed by atoms with van der Waals surface area (Å²) < 4.78 is 11.9. The van der Waals surface area contributed by atoms with Crippen molar-refractivity contribution >= 4 is 0 Å². The third-order valence-electron chi connectivity index (χ3n) is 12.4. The van der Waals surface area contributed by atoms with E-state index in [-0.39, 0.29) is 11.5 Å². The lowest BCUT2D eigenvalue weighted by Gasteiger charge is -2.58. The van der Waals surface area contributed by atoms with Gasteiger partial charge in [0.05, 0.1) is 12.7 Å². The summed E-state index contributed by atoms with van der Waals surface area (Å²) >= 11 is 0. The lowest BCUT2D eigenvalue weighted by Crippen LogP contribution is -2.60. The Bertz CT molecular complexity index is 872. The molecule has 4 fully saturated rings. The largest absolute Gasteiger partial charge is 0.394 e. The molecule has 0 radical (unpaired) electrons. The van der Waals surface area contributed by atoms with Crippen molar-refractivity contribution in [3.8, 4) is 0 Å². The number of fused-ring (bicyclic) bond motifs is 5. The van der Waals surface area contributed by atoms with Crippen LogP contribution in [0.2, 0.25) is 0 Å². The molecule has 0 spiro atoms. The van der Waals surface area contributed by atoms with Crippen LogP contribution in [0.5, 0.6) is 0 Å². The highest BCUT2D eigenvalue weighted by atomic mass is 16.7. The van der Waals surface area contributed by atoms with Crippen molar-refractivity contribution < 1.29 is 29.9 Å². The molecule has 6 nitrogen and oxygen atoms in total. The minimum absolute atomic E-state index is 0.0984. The number of hydrogen-bond donors (Lipinski definition) is 4. The van der Waals surface area contributed by atoms with Crippen LogP contribution in [0.4, 0.5) is 0 Å². The lowest BCUT2D eigenvalue weighted by molar-refractivity contribution is -0.313. The maximum Gasteiger partial charge on any atom is 0.186 e. The molecule has 1 saturated heterocycles. The Morgan fingerprint density at radius 3 is 2.44 bits per heavy atom. The van der Waals surface area contributed by atoms with E-state index in [0.717, 1.165) is 54.8 Å². The van der Waals surface area contributed by atoms with Crippen LogP contribution >= 0.6 is 0 Å². The van der Waals surface area contributed by atoms with Crippen LogP contribution in [0.1, 0.15) is 105 Å². The van der Waals surface area contributed by atoms with Gasteiger partial charge in [0.1, 0.15) is 24.4 Å². The molecule has 6 heteroatoms. The zero-order chi connectivity index (χ0) is 28.1. The first kappa shape index (κ1) is 30.0. The van der Waals surface area contributed by atoms with Crippen LogP contribution in [0.3, 0.4) is 0 Å². The number of allylic oxidation sites excluding steroid dienone is 1. The van der Waals surface area contributed by atoms with E-state index < -0.39 is 37.3 Å². The van der Waals surface area contributed by atoms with E-state index in [1.807, 2.05) is 0 Å². The fourth-order valence-corrected chi connectivity index (χ4v) is 10.1. The number of hydrogen-bond acceptors (Lipinski definition) is 6. The highest BCUT2D eigenvalue weighted by Crippen LogP contribution is 2.67. The quantitative estimate of drug-likeness (QED) is 0.311. The van der Waals surface area contributed by atoms with E-state index >= 15 is 0 Å². The highest BCUT2D eigenvalue weighted by molar-refractivity contribution is 5.25. The molecule has 1 heterocycles. The molecule has 0 aromatic rings. The van der Waals surface area contributed by atoms with E-state index in [1.165, 1.54) is 56.9 Å². The molecule has 3 saturated carbocycles. The first-order valence-corrected chi connectivity index (χ1v) is 16.1. The maximum atomic E-state index is 10.5. The van der Waals surface area contributed by atoms with Gasteiger partial charge in [-0.2, -0.15) is 0 Å². The van der Waals surface area contributed by atoms with Crippen molar-refractivity contribution in [3.63, 3.8) is 0 Å². The smallest absolute Gasteiger partial charge is 0.186 e. The minimum atomic E-state index is -1.39. The Morgan fingerprint density at radius 2 is 1.72 bits per heavy atom. The van der Waals surface area contributed by atoms with Gasteiger partial charge in [-0.05, 0) is 97.7 Å². The van der Waals surface area contributed by atoms with Gasteiger partial charge in [0.25, 0.3) is 0 Å². The van der Waals surface area contributed by atoms with Crippen molar-refractivity contribution in [1.29, 1.82) is 0 Å². The van der Waals surface area contributed by atoms with Crippen LogP contribution < -0.4 is 0 Å². The maximum absolute atomic E-state index is 10.5. The molecular weight excluding hydrogens is 492 g/mol. The van der Waals surface area contributed by atoms with Crippen LogP contribution in [0, 0.1) is 46.3 Å². The number of ether oxygens (including phenoxy) is 2. The summed E-state index contributed by atoms with van der Waals surface area (Å²) in [6.07, 6.45) is 9.98. The Labute approximate surface area is 236 Å². The fourth-order valence-electron chi connectivity index (χ4n) is 10.1. The van der Waals surface area contributed by atoms with Crippen LogP contribution in [-0.4, -0.2) is 63.8 Å². The van der Waals surface area contributed by atoms with Crippen molar-refractivity contribution in [3.05, 3.63) is 11.6 Å². The average molecular weight is 549 g/mol. The predicted octanol–water partition coefficient (Wildman–Crippen LogP) is 5.21. The predicted molar refractivity (Wildman–Crippen MR) is 152 cm³/mol. The standard InChI is InChI=1S/C33H56O6/c1-19(2)7-6-8-20(3)24-11-12-25-23-10-9-21-17-22(13-15-32(21,4)26(23)14-16-33(24,25)5)38-31-30(37)29(36)28(35)27(18-34)39-31/h9,19-20,22-31,34-37H,6-8,10-18H2,1-5H3/t20-,22+,23?,24-,25?,26?,27-,28+,29+,30-,31-,32+,33-/m1/s1. The normalized spacial score (nSPS) is 48.7. The third kappa shape index (κ3) is 5.41. The number of rotatable bonds is 8. The van der Waals surface area contributed by atoms with E-state index in [4.69, 9.17) is 9.47 Å². The SMILES string of the molecule is CC(C)CCC[C@@H](C)[C@H]1CCC2C3CC=C4C[C@@H](O[C@@H]5O[C@H](CO)[C@H](O)[C@H](O)[C@H]5O)CC[C@]4(C)C3CC[C@@]21C. The third-order valence-corrected chi connectivity index (χ3v) is 12.4. The second-order valence-electron chi connectivity index (χ2n) is 15.0. The van der Waals surface area contributed by atoms with Crippen LogP contribution in [-0.2, 0) is 9.47 Å². The van der Waals surface area contributed by atoms with E-state index in [1.54, 1.807) is 0 Å².